The van der Waals surface area contributed by atoms with Crippen LogP contribution in [-0.4, -0.2) is 29.9 Å². The molecule has 2 aromatic carbocycles. The summed E-state index contributed by atoms with van der Waals surface area (Å²) < 4.78 is 11.6. The number of amides is 1. The number of rotatable bonds is 7. The number of ether oxygens (including phenoxy) is 2. The first-order chi connectivity index (χ1) is 15.2. The molecule has 1 heterocycles. The van der Waals surface area contributed by atoms with Gasteiger partial charge >= 0.3 is 5.97 Å². The van der Waals surface area contributed by atoms with Crippen molar-refractivity contribution in [3.63, 3.8) is 0 Å². The van der Waals surface area contributed by atoms with Crippen LogP contribution in [-0.2, 0) is 36.9 Å². The zero-order valence-corrected chi connectivity index (χ0v) is 18.7. The van der Waals surface area contributed by atoms with Gasteiger partial charge in [0.1, 0.15) is 6.61 Å². The maximum absolute atomic E-state index is 13.2. The van der Waals surface area contributed by atoms with E-state index >= 15 is 0 Å². The summed E-state index contributed by atoms with van der Waals surface area (Å²) in [4.78, 5) is 37.5. The number of hydrogen-bond acceptors (Lipinski definition) is 5. The maximum atomic E-state index is 13.2. The Hall–Kier alpha value is -3.25. The highest BCUT2D eigenvalue weighted by atomic mass is 16.5. The van der Waals surface area contributed by atoms with Gasteiger partial charge in [-0.1, -0.05) is 49.0 Å². The van der Waals surface area contributed by atoms with E-state index in [1.807, 2.05) is 54.6 Å². The summed E-state index contributed by atoms with van der Waals surface area (Å²) in [5, 5.41) is 2.73. The Morgan fingerprint density at radius 3 is 2.38 bits per heavy atom. The van der Waals surface area contributed by atoms with Gasteiger partial charge in [-0.15, -0.1) is 0 Å². The van der Waals surface area contributed by atoms with E-state index in [9.17, 15) is 14.4 Å². The molecule has 3 unspecified atom stereocenters. The van der Waals surface area contributed by atoms with Crippen LogP contribution in [0.25, 0.3) is 0 Å². The molecule has 1 N–H and O–H groups in total. The van der Waals surface area contributed by atoms with Gasteiger partial charge in [0.05, 0.1) is 12.2 Å². The van der Waals surface area contributed by atoms with E-state index < -0.39 is 23.6 Å². The predicted octanol–water partition coefficient (Wildman–Crippen LogP) is 4.24. The molecule has 1 fully saturated rings. The van der Waals surface area contributed by atoms with Crippen LogP contribution < -0.4 is 5.32 Å². The fourth-order valence-corrected chi connectivity index (χ4v) is 3.84. The van der Waals surface area contributed by atoms with Crippen molar-refractivity contribution in [3.05, 3.63) is 77.9 Å². The zero-order chi connectivity index (χ0) is 23.3. The second kappa shape index (κ2) is 9.92. The molecule has 6 nitrogen and oxygen atoms in total. The van der Waals surface area contributed by atoms with Gasteiger partial charge in [0.15, 0.2) is 11.2 Å². The average Bonchev–Trinajstić information content (AvgIpc) is 2.78. The maximum Gasteiger partial charge on any atom is 0.322 e. The van der Waals surface area contributed by atoms with Crippen LogP contribution in [0, 0.1) is 5.41 Å². The fraction of sp³-hybridized carbons (Fsp3) is 0.346. The van der Waals surface area contributed by atoms with Gasteiger partial charge in [0.25, 0.3) is 0 Å². The molecule has 0 aromatic heterocycles. The van der Waals surface area contributed by atoms with Crippen LogP contribution in [0.4, 0.5) is 5.69 Å². The minimum atomic E-state index is -1.46. The minimum Gasteiger partial charge on any atom is -0.460 e. The molecular weight excluding hydrogens is 406 g/mol. The molecule has 0 bridgehead atoms. The molecule has 32 heavy (non-hydrogen) atoms. The van der Waals surface area contributed by atoms with Crippen LogP contribution in [0.15, 0.2) is 66.7 Å². The molecule has 0 spiro atoms. The third-order valence-electron chi connectivity index (χ3n) is 5.87. The van der Waals surface area contributed by atoms with Crippen molar-refractivity contribution in [2.24, 2.45) is 5.41 Å². The highest BCUT2D eigenvalue weighted by molar-refractivity contribution is 6.13. The molecule has 1 saturated heterocycles. The lowest BCUT2D eigenvalue weighted by atomic mass is 9.72. The molecule has 2 aromatic rings. The number of hydrogen-bond donors (Lipinski definition) is 1. The molecular formula is C26H29NO5. The van der Waals surface area contributed by atoms with Gasteiger partial charge < -0.3 is 14.8 Å². The Morgan fingerprint density at radius 2 is 1.75 bits per heavy atom. The summed E-state index contributed by atoms with van der Waals surface area (Å²) in [6.45, 7) is 8.74. The summed E-state index contributed by atoms with van der Waals surface area (Å²) in [5.41, 5.74) is 1.38. The number of carbonyl (C=O) groups excluding carboxylic acids is 3. The number of benzene rings is 2. The largest absolute Gasteiger partial charge is 0.460 e. The highest BCUT2D eigenvalue weighted by Gasteiger charge is 2.54. The van der Waals surface area contributed by atoms with E-state index in [0.717, 1.165) is 11.1 Å². The molecule has 3 atom stereocenters. The van der Waals surface area contributed by atoms with Gasteiger partial charge in [0.2, 0.25) is 5.91 Å². The number of aryl methyl sites for hydroxylation is 1. The normalized spacial score (nSPS) is 23.0. The Morgan fingerprint density at radius 1 is 1.09 bits per heavy atom. The van der Waals surface area contributed by atoms with Crippen LogP contribution in [0.1, 0.15) is 38.3 Å². The Bertz CT molecular complexity index is 999. The van der Waals surface area contributed by atoms with E-state index in [0.29, 0.717) is 18.5 Å². The van der Waals surface area contributed by atoms with Crippen LogP contribution >= 0.6 is 0 Å². The molecule has 6 heteroatoms. The fourth-order valence-electron chi connectivity index (χ4n) is 3.84. The number of ketones is 1. The van der Waals surface area contributed by atoms with Crippen molar-refractivity contribution in [3.8, 4) is 0 Å². The van der Waals surface area contributed by atoms with Gasteiger partial charge in [-0.3, -0.25) is 14.4 Å². The van der Waals surface area contributed by atoms with Gasteiger partial charge in [-0.25, -0.2) is 0 Å². The van der Waals surface area contributed by atoms with E-state index in [2.05, 4.69) is 11.9 Å². The third kappa shape index (κ3) is 5.14. The summed E-state index contributed by atoms with van der Waals surface area (Å²) >= 11 is 0. The van der Waals surface area contributed by atoms with Gasteiger partial charge in [-0.05, 0) is 49.9 Å². The Kier molecular flexibility index (Phi) is 7.26. The number of nitrogens with one attached hydrogen (secondary N) is 1. The Labute approximate surface area is 188 Å². The average molecular weight is 436 g/mol. The number of carbonyl (C=O) groups is 3. The molecule has 1 amide bonds. The summed E-state index contributed by atoms with van der Waals surface area (Å²) in [6, 6.07) is 16.8. The standard InChI is InChI=1S/C26H29NO5/c1-17-18(2)32-23(15-12-20-10-13-22(14-11-20)27-19(3)28)26(4,24(17)29)25(30)31-16-21-8-6-5-7-9-21/h5-11,13-14,18,23H,1,12,15-16H2,2-4H3,(H,27,28). The van der Waals surface area contributed by atoms with Gasteiger partial charge in [-0.2, -0.15) is 0 Å². The summed E-state index contributed by atoms with van der Waals surface area (Å²) in [6.07, 6.45) is -0.0582. The van der Waals surface area contributed by atoms with Crippen LogP contribution in [0.3, 0.4) is 0 Å². The second-order valence-electron chi connectivity index (χ2n) is 8.30. The monoisotopic (exact) mass is 435 g/mol. The smallest absolute Gasteiger partial charge is 0.322 e. The van der Waals surface area contributed by atoms with Crippen molar-refractivity contribution >= 4 is 23.3 Å². The highest BCUT2D eigenvalue weighted by Crippen LogP contribution is 2.39. The first-order valence-electron chi connectivity index (χ1n) is 10.7. The summed E-state index contributed by atoms with van der Waals surface area (Å²) in [7, 11) is 0. The van der Waals surface area contributed by atoms with Gasteiger partial charge in [0, 0.05) is 18.2 Å². The van der Waals surface area contributed by atoms with Crippen molar-refractivity contribution in [2.75, 3.05) is 5.32 Å². The van der Waals surface area contributed by atoms with Crippen molar-refractivity contribution in [1.82, 2.24) is 0 Å². The van der Waals surface area contributed by atoms with Crippen molar-refractivity contribution in [1.29, 1.82) is 0 Å². The van der Waals surface area contributed by atoms with Crippen LogP contribution in [0.5, 0.6) is 0 Å². The lowest BCUT2D eigenvalue weighted by molar-refractivity contribution is -0.178. The predicted molar refractivity (Wildman–Crippen MR) is 122 cm³/mol. The SMILES string of the molecule is C=C1C(=O)C(C)(C(=O)OCc2ccccc2)C(CCc2ccc(NC(C)=O)cc2)OC1C. The molecule has 1 aliphatic rings. The third-order valence-corrected chi connectivity index (χ3v) is 5.87. The second-order valence-corrected chi connectivity index (χ2v) is 8.30. The molecule has 3 rings (SSSR count). The van der Waals surface area contributed by atoms with Crippen molar-refractivity contribution in [2.45, 2.75) is 52.4 Å². The quantitative estimate of drug-likeness (QED) is 0.400. The first kappa shape index (κ1) is 23.4. The lowest BCUT2D eigenvalue weighted by Crippen LogP contribution is -2.55. The summed E-state index contributed by atoms with van der Waals surface area (Å²) in [5.74, 6) is -1.07. The molecule has 0 radical (unpaired) electrons. The number of Topliss-reactive ketones (excluding diaryl/α,β-unsaturated/α-hetero) is 1. The van der Waals surface area contributed by atoms with E-state index in [1.54, 1.807) is 13.8 Å². The van der Waals surface area contributed by atoms with E-state index in [-0.39, 0.29) is 23.9 Å². The molecule has 0 aliphatic carbocycles. The van der Waals surface area contributed by atoms with Crippen LogP contribution in [0.2, 0.25) is 0 Å². The number of anilines is 1. The van der Waals surface area contributed by atoms with Crippen molar-refractivity contribution < 1.29 is 23.9 Å². The molecule has 1 aliphatic heterocycles. The topological polar surface area (TPSA) is 81.7 Å². The minimum absolute atomic E-state index is 0.0852. The van der Waals surface area contributed by atoms with E-state index in [1.165, 1.54) is 6.92 Å². The Balaban J connectivity index is 1.73. The molecule has 168 valence electrons. The number of esters is 1. The van der Waals surface area contributed by atoms with E-state index in [4.69, 9.17) is 9.47 Å². The lowest BCUT2D eigenvalue weighted by Gasteiger charge is -2.41. The zero-order valence-electron chi connectivity index (χ0n) is 18.7. The first-order valence-corrected chi connectivity index (χ1v) is 10.7. The molecule has 0 saturated carbocycles.